The maximum atomic E-state index is 12.7. The first-order valence-electron chi connectivity index (χ1n) is 4.19. The molecule has 1 aromatic rings. The van der Waals surface area contributed by atoms with Gasteiger partial charge in [-0.1, -0.05) is 18.5 Å². The molecule has 0 radical (unpaired) electrons. The summed E-state index contributed by atoms with van der Waals surface area (Å²) in [5, 5.41) is 3.28. The van der Waals surface area contributed by atoms with Crippen molar-refractivity contribution >= 4 is 11.6 Å². The quantitative estimate of drug-likeness (QED) is 0.815. The van der Waals surface area contributed by atoms with E-state index in [0.29, 0.717) is 0 Å². The second-order valence-corrected chi connectivity index (χ2v) is 3.21. The molecule has 4 heteroatoms. The molecule has 0 saturated carbocycles. The minimum absolute atomic E-state index is 0.100. The van der Waals surface area contributed by atoms with Gasteiger partial charge in [-0.2, -0.15) is 0 Å². The van der Waals surface area contributed by atoms with Gasteiger partial charge in [0.2, 0.25) is 0 Å². The SMILES string of the molecule is CCNC(C)c1cc(Cl)c(F)cn1. The van der Waals surface area contributed by atoms with E-state index in [1.54, 1.807) is 6.07 Å². The Kier molecular flexibility index (Phi) is 3.63. The Labute approximate surface area is 82.1 Å². The number of halogens is 2. The Balaban J connectivity index is 2.84. The van der Waals surface area contributed by atoms with Crippen LogP contribution in [0, 0.1) is 5.82 Å². The molecule has 0 aliphatic heterocycles. The van der Waals surface area contributed by atoms with Crippen LogP contribution in [0.4, 0.5) is 4.39 Å². The Morgan fingerprint density at radius 2 is 2.38 bits per heavy atom. The van der Waals surface area contributed by atoms with Crippen LogP contribution < -0.4 is 5.32 Å². The lowest BCUT2D eigenvalue weighted by Gasteiger charge is -2.11. The Morgan fingerprint density at radius 1 is 1.69 bits per heavy atom. The van der Waals surface area contributed by atoms with Crippen LogP contribution in [-0.2, 0) is 0 Å². The second-order valence-electron chi connectivity index (χ2n) is 2.80. The summed E-state index contributed by atoms with van der Waals surface area (Å²) in [5.74, 6) is -0.478. The van der Waals surface area contributed by atoms with Crippen LogP contribution >= 0.6 is 11.6 Å². The lowest BCUT2D eigenvalue weighted by molar-refractivity contribution is 0.573. The summed E-state index contributed by atoms with van der Waals surface area (Å²) in [5.41, 5.74) is 0.758. The van der Waals surface area contributed by atoms with Crippen LogP contribution in [-0.4, -0.2) is 11.5 Å². The van der Waals surface area contributed by atoms with Crippen LogP contribution in [0.3, 0.4) is 0 Å². The minimum atomic E-state index is -0.478. The van der Waals surface area contributed by atoms with Crippen molar-refractivity contribution in [3.05, 3.63) is 28.8 Å². The molecule has 0 fully saturated rings. The van der Waals surface area contributed by atoms with Crippen molar-refractivity contribution in [1.29, 1.82) is 0 Å². The third-order valence-corrected chi connectivity index (χ3v) is 2.07. The van der Waals surface area contributed by atoms with E-state index < -0.39 is 5.82 Å². The highest BCUT2D eigenvalue weighted by Crippen LogP contribution is 2.17. The van der Waals surface area contributed by atoms with Crippen molar-refractivity contribution in [2.45, 2.75) is 19.9 Å². The molecule has 0 aliphatic carbocycles. The highest BCUT2D eigenvalue weighted by molar-refractivity contribution is 6.30. The largest absolute Gasteiger partial charge is 0.309 e. The first-order chi connectivity index (χ1) is 6.15. The van der Waals surface area contributed by atoms with Crippen molar-refractivity contribution in [2.75, 3.05) is 6.54 Å². The maximum Gasteiger partial charge on any atom is 0.160 e. The van der Waals surface area contributed by atoms with Crippen molar-refractivity contribution in [1.82, 2.24) is 10.3 Å². The lowest BCUT2D eigenvalue weighted by Crippen LogP contribution is -2.18. The van der Waals surface area contributed by atoms with E-state index in [1.807, 2.05) is 13.8 Å². The van der Waals surface area contributed by atoms with E-state index in [0.717, 1.165) is 18.4 Å². The van der Waals surface area contributed by atoms with Crippen LogP contribution in [0.15, 0.2) is 12.3 Å². The van der Waals surface area contributed by atoms with Gasteiger partial charge in [0.05, 0.1) is 16.9 Å². The molecule has 72 valence electrons. The Hall–Kier alpha value is -0.670. The molecular formula is C9H12ClFN2. The van der Waals surface area contributed by atoms with Crippen molar-refractivity contribution in [3.8, 4) is 0 Å². The zero-order valence-corrected chi connectivity index (χ0v) is 8.40. The number of nitrogens with one attached hydrogen (secondary N) is 1. The number of rotatable bonds is 3. The molecule has 1 atom stereocenters. The third kappa shape index (κ3) is 2.64. The van der Waals surface area contributed by atoms with Gasteiger partial charge in [0, 0.05) is 6.04 Å². The van der Waals surface area contributed by atoms with Gasteiger partial charge in [0.1, 0.15) is 0 Å². The van der Waals surface area contributed by atoms with E-state index in [1.165, 1.54) is 0 Å². The first kappa shape index (κ1) is 10.4. The average Bonchev–Trinajstić information content (AvgIpc) is 2.10. The molecule has 0 bridgehead atoms. The summed E-state index contributed by atoms with van der Waals surface area (Å²) in [6.07, 6.45) is 1.14. The van der Waals surface area contributed by atoms with Crippen LogP contribution in [0.2, 0.25) is 5.02 Å². The summed E-state index contributed by atoms with van der Waals surface area (Å²) in [6.45, 7) is 4.81. The van der Waals surface area contributed by atoms with E-state index >= 15 is 0 Å². The van der Waals surface area contributed by atoms with Gasteiger partial charge in [-0.3, -0.25) is 4.98 Å². The molecule has 0 aliphatic rings. The molecule has 1 heterocycles. The van der Waals surface area contributed by atoms with E-state index in [9.17, 15) is 4.39 Å². The predicted octanol–water partition coefficient (Wildman–Crippen LogP) is 2.54. The molecule has 0 aromatic carbocycles. The van der Waals surface area contributed by atoms with Crippen LogP contribution in [0.5, 0.6) is 0 Å². The number of nitrogens with zero attached hydrogens (tertiary/aromatic N) is 1. The monoisotopic (exact) mass is 202 g/mol. The number of pyridine rings is 1. The van der Waals surface area contributed by atoms with Crippen LogP contribution in [0.25, 0.3) is 0 Å². The normalized spacial score (nSPS) is 12.9. The molecular weight excluding hydrogens is 191 g/mol. The highest BCUT2D eigenvalue weighted by Gasteiger charge is 2.07. The molecule has 0 spiro atoms. The molecule has 0 amide bonds. The smallest absolute Gasteiger partial charge is 0.160 e. The van der Waals surface area contributed by atoms with Gasteiger partial charge in [-0.25, -0.2) is 4.39 Å². The van der Waals surface area contributed by atoms with Gasteiger partial charge < -0.3 is 5.32 Å². The number of hydrogen-bond donors (Lipinski definition) is 1. The van der Waals surface area contributed by atoms with Crippen molar-refractivity contribution in [3.63, 3.8) is 0 Å². The van der Waals surface area contributed by atoms with Gasteiger partial charge >= 0.3 is 0 Å². The van der Waals surface area contributed by atoms with Gasteiger partial charge in [0.25, 0.3) is 0 Å². The minimum Gasteiger partial charge on any atom is -0.309 e. The fourth-order valence-electron chi connectivity index (χ4n) is 1.08. The van der Waals surface area contributed by atoms with Crippen molar-refractivity contribution in [2.24, 2.45) is 0 Å². The molecule has 0 saturated heterocycles. The predicted molar refractivity (Wildman–Crippen MR) is 51.3 cm³/mol. The van der Waals surface area contributed by atoms with E-state index in [4.69, 9.17) is 11.6 Å². The summed E-state index contributed by atoms with van der Waals surface area (Å²) in [4.78, 5) is 3.94. The molecule has 1 N–H and O–H groups in total. The summed E-state index contributed by atoms with van der Waals surface area (Å²) < 4.78 is 12.7. The number of hydrogen-bond acceptors (Lipinski definition) is 2. The standard InChI is InChI=1S/C9H12ClFN2/c1-3-12-6(2)9-4-7(10)8(11)5-13-9/h4-6,12H,3H2,1-2H3. The second kappa shape index (κ2) is 4.53. The number of aromatic nitrogens is 1. The topological polar surface area (TPSA) is 24.9 Å². The molecule has 1 rings (SSSR count). The van der Waals surface area contributed by atoms with E-state index in [-0.39, 0.29) is 11.1 Å². The fourth-order valence-corrected chi connectivity index (χ4v) is 1.24. The fraction of sp³-hybridized carbons (Fsp3) is 0.444. The molecule has 1 aromatic heterocycles. The summed E-state index contributed by atoms with van der Waals surface area (Å²) in [6, 6.07) is 1.65. The first-order valence-corrected chi connectivity index (χ1v) is 4.57. The lowest BCUT2D eigenvalue weighted by atomic mass is 10.2. The van der Waals surface area contributed by atoms with Crippen LogP contribution in [0.1, 0.15) is 25.6 Å². The molecule has 13 heavy (non-hydrogen) atoms. The Bertz CT molecular complexity index is 291. The summed E-state index contributed by atoms with van der Waals surface area (Å²) in [7, 11) is 0. The zero-order chi connectivity index (χ0) is 9.84. The third-order valence-electron chi connectivity index (χ3n) is 1.78. The average molecular weight is 203 g/mol. The maximum absolute atomic E-state index is 12.7. The van der Waals surface area contributed by atoms with Gasteiger partial charge in [-0.15, -0.1) is 0 Å². The summed E-state index contributed by atoms with van der Waals surface area (Å²) >= 11 is 5.62. The van der Waals surface area contributed by atoms with Crippen molar-refractivity contribution < 1.29 is 4.39 Å². The van der Waals surface area contributed by atoms with Gasteiger partial charge in [0.15, 0.2) is 5.82 Å². The van der Waals surface area contributed by atoms with Gasteiger partial charge in [-0.05, 0) is 19.5 Å². The molecule has 1 unspecified atom stereocenters. The highest BCUT2D eigenvalue weighted by atomic mass is 35.5. The Morgan fingerprint density at radius 3 is 2.92 bits per heavy atom. The molecule has 2 nitrogen and oxygen atoms in total. The zero-order valence-electron chi connectivity index (χ0n) is 7.64. The van der Waals surface area contributed by atoms with E-state index in [2.05, 4.69) is 10.3 Å².